The summed E-state index contributed by atoms with van der Waals surface area (Å²) in [4.78, 5) is 0. The molecule has 0 saturated heterocycles. The van der Waals surface area contributed by atoms with E-state index in [2.05, 4.69) is 78.9 Å². The van der Waals surface area contributed by atoms with E-state index in [1.165, 1.54) is 0 Å². The van der Waals surface area contributed by atoms with Crippen LogP contribution in [-0.4, -0.2) is 38.8 Å². The summed E-state index contributed by atoms with van der Waals surface area (Å²) in [6, 6.07) is 31.1. The molecule has 4 rings (SSSR count). The van der Waals surface area contributed by atoms with Crippen molar-refractivity contribution in [3.05, 3.63) is 120 Å². The Morgan fingerprint density at radius 3 is 1.75 bits per heavy atom. The molecule has 1 aliphatic rings. The highest BCUT2D eigenvalue weighted by Crippen LogP contribution is 2.40. The Hall–Kier alpha value is -2.76. The van der Waals surface area contributed by atoms with Crippen molar-refractivity contribution in [1.82, 2.24) is 0 Å². The second-order valence-corrected chi connectivity index (χ2v) is 7.89. The van der Waals surface area contributed by atoms with Gasteiger partial charge in [0.2, 0.25) is 0 Å². The van der Waals surface area contributed by atoms with Crippen LogP contribution in [-0.2, 0) is 24.5 Å². The fraction of sp³-hybridized carbons (Fsp3) is 0.286. The van der Waals surface area contributed by atoms with Crippen LogP contribution in [0.2, 0.25) is 0 Å². The van der Waals surface area contributed by atoms with Crippen LogP contribution in [0.3, 0.4) is 0 Å². The highest BCUT2D eigenvalue weighted by molar-refractivity contribution is 5.47. The van der Waals surface area contributed by atoms with Crippen molar-refractivity contribution in [2.24, 2.45) is 0 Å². The van der Waals surface area contributed by atoms with E-state index < -0.39 is 5.60 Å². The van der Waals surface area contributed by atoms with Crippen molar-refractivity contribution in [2.75, 3.05) is 20.5 Å². The number of hydrogen-bond donors (Lipinski definition) is 0. The van der Waals surface area contributed by atoms with Gasteiger partial charge in [0.15, 0.2) is 0 Å². The monoisotopic (exact) mass is 430 g/mol. The molecule has 0 fully saturated rings. The zero-order chi connectivity index (χ0) is 22.2. The average Bonchev–Trinajstić information content (AvgIpc) is 3.34. The molecule has 0 amide bonds. The van der Waals surface area contributed by atoms with E-state index in [9.17, 15) is 0 Å². The van der Waals surface area contributed by atoms with Gasteiger partial charge in [0.25, 0.3) is 0 Å². The Bertz CT molecular complexity index is 875. The number of benzene rings is 3. The highest BCUT2D eigenvalue weighted by Gasteiger charge is 2.38. The van der Waals surface area contributed by atoms with Crippen LogP contribution in [0.5, 0.6) is 0 Å². The van der Waals surface area contributed by atoms with Gasteiger partial charge in [0, 0.05) is 7.11 Å². The lowest BCUT2D eigenvalue weighted by Crippen LogP contribution is -2.36. The Morgan fingerprint density at radius 1 is 0.781 bits per heavy atom. The summed E-state index contributed by atoms with van der Waals surface area (Å²) in [5.41, 5.74) is 2.48. The zero-order valence-electron chi connectivity index (χ0n) is 18.6. The normalized spacial score (nSPS) is 19.2. The molecule has 0 aliphatic carbocycles. The van der Waals surface area contributed by atoms with E-state index in [0.29, 0.717) is 6.61 Å². The summed E-state index contributed by atoms with van der Waals surface area (Å²) in [7, 11) is 1.62. The molecule has 4 heteroatoms. The van der Waals surface area contributed by atoms with Gasteiger partial charge in [0.05, 0.1) is 18.8 Å². The van der Waals surface area contributed by atoms with Crippen molar-refractivity contribution in [3.8, 4) is 0 Å². The van der Waals surface area contributed by atoms with Crippen LogP contribution in [0.1, 0.15) is 23.6 Å². The van der Waals surface area contributed by atoms with Gasteiger partial charge in [-0.2, -0.15) is 0 Å². The van der Waals surface area contributed by atoms with E-state index in [4.69, 9.17) is 18.9 Å². The fourth-order valence-electron chi connectivity index (χ4n) is 4.13. The first-order chi connectivity index (χ1) is 15.7. The Labute approximate surface area is 190 Å². The van der Waals surface area contributed by atoms with Crippen molar-refractivity contribution in [3.63, 3.8) is 0 Å². The summed E-state index contributed by atoms with van der Waals surface area (Å²) in [6.45, 7) is 2.64. The van der Waals surface area contributed by atoms with Gasteiger partial charge in [-0.05, 0) is 23.6 Å². The molecule has 0 N–H and O–H groups in total. The van der Waals surface area contributed by atoms with Crippen molar-refractivity contribution < 1.29 is 18.9 Å². The maximum atomic E-state index is 6.84. The van der Waals surface area contributed by atoms with Crippen LogP contribution in [0, 0.1) is 0 Å². The number of methoxy groups -OCH3 is 1. The van der Waals surface area contributed by atoms with Crippen LogP contribution >= 0.6 is 0 Å². The van der Waals surface area contributed by atoms with Gasteiger partial charge >= 0.3 is 0 Å². The Kier molecular flexibility index (Phi) is 7.51. The van der Waals surface area contributed by atoms with Crippen LogP contribution < -0.4 is 0 Å². The van der Waals surface area contributed by atoms with E-state index >= 15 is 0 Å². The van der Waals surface area contributed by atoms with Gasteiger partial charge in [-0.15, -0.1) is 0 Å². The molecular formula is C28H30O4. The van der Waals surface area contributed by atoms with Gasteiger partial charge in [0.1, 0.15) is 18.5 Å². The molecule has 3 aromatic carbocycles. The maximum Gasteiger partial charge on any atom is 0.146 e. The SMILES string of the molecule is COCO[C@@H](C)[C@@H]1C=C[C@@H](COC(c2ccccc2)(c2ccccc2)c2ccccc2)O1. The lowest BCUT2D eigenvalue weighted by Gasteiger charge is -2.36. The number of ether oxygens (including phenoxy) is 4. The van der Waals surface area contributed by atoms with Gasteiger partial charge in [-0.25, -0.2) is 0 Å². The quantitative estimate of drug-likeness (QED) is 0.248. The molecule has 166 valence electrons. The van der Waals surface area contributed by atoms with Gasteiger partial charge in [-0.3, -0.25) is 0 Å². The van der Waals surface area contributed by atoms with Crippen LogP contribution in [0.4, 0.5) is 0 Å². The summed E-state index contributed by atoms with van der Waals surface area (Å²) in [6.07, 6.45) is 3.72. The molecular weight excluding hydrogens is 400 g/mol. The van der Waals surface area contributed by atoms with Crippen molar-refractivity contribution in [1.29, 1.82) is 0 Å². The molecule has 0 bridgehead atoms. The topological polar surface area (TPSA) is 36.9 Å². The predicted octanol–water partition coefficient (Wildman–Crippen LogP) is 5.33. The minimum absolute atomic E-state index is 0.0988. The van der Waals surface area contributed by atoms with E-state index in [0.717, 1.165) is 16.7 Å². The first-order valence-electron chi connectivity index (χ1n) is 11.0. The van der Waals surface area contributed by atoms with Gasteiger partial charge < -0.3 is 18.9 Å². The number of rotatable bonds is 10. The van der Waals surface area contributed by atoms with Crippen LogP contribution in [0.25, 0.3) is 0 Å². The minimum Gasteiger partial charge on any atom is -0.362 e. The third-order valence-corrected chi connectivity index (χ3v) is 5.76. The second kappa shape index (κ2) is 10.7. The molecule has 0 aromatic heterocycles. The lowest BCUT2D eigenvalue weighted by atomic mass is 9.80. The van der Waals surface area contributed by atoms with E-state index in [1.807, 2.05) is 31.2 Å². The van der Waals surface area contributed by atoms with Crippen LogP contribution in [0.15, 0.2) is 103 Å². The zero-order valence-corrected chi connectivity index (χ0v) is 18.6. The third-order valence-electron chi connectivity index (χ3n) is 5.76. The Morgan fingerprint density at radius 2 is 1.28 bits per heavy atom. The summed E-state index contributed by atoms with van der Waals surface area (Å²) in [5, 5.41) is 0. The average molecular weight is 431 g/mol. The van der Waals surface area contributed by atoms with E-state index in [1.54, 1.807) is 7.11 Å². The second-order valence-electron chi connectivity index (χ2n) is 7.89. The predicted molar refractivity (Wildman–Crippen MR) is 125 cm³/mol. The smallest absolute Gasteiger partial charge is 0.146 e. The van der Waals surface area contributed by atoms with Crippen molar-refractivity contribution in [2.45, 2.75) is 30.8 Å². The number of hydrogen-bond acceptors (Lipinski definition) is 4. The summed E-state index contributed by atoms with van der Waals surface area (Å²) < 4.78 is 23.7. The molecule has 0 spiro atoms. The molecule has 1 heterocycles. The molecule has 3 atom stereocenters. The molecule has 4 nitrogen and oxygen atoms in total. The molecule has 1 aliphatic heterocycles. The van der Waals surface area contributed by atoms with Crippen molar-refractivity contribution >= 4 is 0 Å². The lowest BCUT2D eigenvalue weighted by molar-refractivity contribution is -0.123. The summed E-state index contributed by atoms with van der Waals surface area (Å²) in [5.74, 6) is 0. The maximum absolute atomic E-state index is 6.84. The first-order valence-corrected chi connectivity index (χ1v) is 11.0. The first kappa shape index (κ1) is 22.4. The van der Waals surface area contributed by atoms with Gasteiger partial charge in [-0.1, -0.05) is 103 Å². The molecule has 0 saturated carbocycles. The largest absolute Gasteiger partial charge is 0.362 e. The fourth-order valence-corrected chi connectivity index (χ4v) is 4.13. The molecule has 3 aromatic rings. The Balaban J connectivity index is 1.63. The molecule has 0 radical (unpaired) electrons. The highest BCUT2D eigenvalue weighted by atomic mass is 16.7. The standard InChI is InChI=1S/C28H30O4/c1-22(30-21-29-2)27-19-18-26(32-27)20-31-28(23-12-6-3-7-13-23,24-14-8-4-9-15-24)25-16-10-5-11-17-25/h3-19,22,26-27H,20-21H2,1-2H3/t22-,26-,27-/m0/s1. The van der Waals surface area contributed by atoms with E-state index in [-0.39, 0.29) is 25.1 Å². The third kappa shape index (κ3) is 4.84. The molecule has 0 unspecified atom stereocenters. The minimum atomic E-state index is -0.753. The summed E-state index contributed by atoms with van der Waals surface area (Å²) >= 11 is 0. The molecule has 32 heavy (non-hydrogen) atoms.